The van der Waals surface area contributed by atoms with Gasteiger partial charge in [-0.3, -0.25) is 4.79 Å². The number of hydrogen-bond donors (Lipinski definition) is 1. The second-order valence-electron chi connectivity index (χ2n) is 6.64. The van der Waals surface area contributed by atoms with Crippen molar-refractivity contribution < 1.29 is 27.4 Å². The van der Waals surface area contributed by atoms with Crippen molar-refractivity contribution >= 4 is 15.7 Å². The minimum absolute atomic E-state index is 0.235. The first kappa shape index (κ1) is 23.5. The van der Waals surface area contributed by atoms with E-state index in [-0.39, 0.29) is 16.8 Å². The minimum atomic E-state index is -3.27. The molecule has 0 aliphatic rings. The number of sulfone groups is 1. The summed E-state index contributed by atoms with van der Waals surface area (Å²) in [4.78, 5) is 13.1. The third kappa shape index (κ3) is 5.89. The standard InChI is InChI=1S/C22H29NO6S/c1-6-27-19-13-17(14-20(28-7-2)21(19)29-8-3)22(24)23-15(4)16-9-11-18(12-10-16)30(5,25)26/h9-15H,6-8H2,1-5H3,(H,23,24). The van der Waals surface area contributed by atoms with Gasteiger partial charge in [-0.1, -0.05) is 12.1 Å². The maximum Gasteiger partial charge on any atom is 0.252 e. The van der Waals surface area contributed by atoms with Crippen molar-refractivity contribution in [2.24, 2.45) is 0 Å². The number of rotatable bonds is 10. The van der Waals surface area contributed by atoms with Gasteiger partial charge in [-0.05, 0) is 57.5 Å². The van der Waals surface area contributed by atoms with E-state index >= 15 is 0 Å². The van der Waals surface area contributed by atoms with E-state index in [2.05, 4.69) is 5.32 Å². The fraction of sp³-hybridized carbons (Fsp3) is 0.409. The van der Waals surface area contributed by atoms with Crippen LogP contribution in [0.1, 0.15) is 49.7 Å². The van der Waals surface area contributed by atoms with Crippen molar-refractivity contribution in [2.45, 2.75) is 38.6 Å². The molecule has 0 saturated heterocycles. The fourth-order valence-corrected chi connectivity index (χ4v) is 3.52. The van der Waals surface area contributed by atoms with Crippen molar-refractivity contribution in [3.05, 3.63) is 47.5 Å². The zero-order valence-electron chi connectivity index (χ0n) is 18.0. The number of ether oxygens (including phenoxy) is 3. The quantitative estimate of drug-likeness (QED) is 0.611. The van der Waals surface area contributed by atoms with Gasteiger partial charge in [0.2, 0.25) is 5.75 Å². The number of benzene rings is 2. The van der Waals surface area contributed by atoms with Crippen LogP contribution >= 0.6 is 0 Å². The predicted octanol–water partition coefficient (Wildman–Crippen LogP) is 3.78. The second-order valence-corrected chi connectivity index (χ2v) is 8.65. The Kier molecular flexibility index (Phi) is 8.11. The van der Waals surface area contributed by atoms with E-state index in [4.69, 9.17) is 14.2 Å². The smallest absolute Gasteiger partial charge is 0.252 e. The molecule has 0 saturated carbocycles. The molecule has 0 aromatic heterocycles. The Balaban J connectivity index is 2.28. The largest absolute Gasteiger partial charge is 0.490 e. The SMILES string of the molecule is CCOc1cc(C(=O)NC(C)c2ccc(S(C)(=O)=O)cc2)cc(OCC)c1OCC. The van der Waals surface area contributed by atoms with Crippen LogP contribution in [-0.4, -0.2) is 40.4 Å². The highest BCUT2D eigenvalue weighted by molar-refractivity contribution is 7.90. The third-order valence-electron chi connectivity index (χ3n) is 4.33. The van der Waals surface area contributed by atoms with Gasteiger partial charge in [0.15, 0.2) is 21.3 Å². The number of carbonyl (C=O) groups is 1. The minimum Gasteiger partial charge on any atom is -0.490 e. The molecule has 0 radical (unpaired) electrons. The molecule has 2 aromatic carbocycles. The van der Waals surface area contributed by atoms with E-state index in [1.165, 1.54) is 12.1 Å². The summed E-state index contributed by atoms with van der Waals surface area (Å²) in [6, 6.07) is 9.38. The van der Waals surface area contributed by atoms with Gasteiger partial charge in [-0.2, -0.15) is 0 Å². The fourth-order valence-electron chi connectivity index (χ4n) is 2.89. The molecule has 8 heteroatoms. The molecule has 1 atom stereocenters. The first-order chi connectivity index (χ1) is 14.2. The summed E-state index contributed by atoms with van der Waals surface area (Å²) < 4.78 is 40.2. The Morgan fingerprint density at radius 1 is 0.933 bits per heavy atom. The molecule has 30 heavy (non-hydrogen) atoms. The van der Waals surface area contributed by atoms with E-state index < -0.39 is 9.84 Å². The van der Waals surface area contributed by atoms with Crippen molar-refractivity contribution in [3.63, 3.8) is 0 Å². The predicted molar refractivity (Wildman–Crippen MR) is 115 cm³/mol. The molecule has 0 spiro atoms. The number of amides is 1. The van der Waals surface area contributed by atoms with Crippen molar-refractivity contribution in [1.29, 1.82) is 0 Å². The summed E-state index contributed by atoms with van der Waals surface area (Å²) in [5.74, 6) is 1.06. The highest BCUT2D eigenvalue weighted by atomic mass is 32.2. The van der Waals surface area contributed by atoms with Crippen LogP contribution < -0.4 is 19.5 Å². The monoisotopic (exact) mass is 435 g/mol. The maximum atomic E-state index is 12.9. The summed E-state index contributed by atoms with van der Waals surface area (Å²) in [6.45, 7) is 8.67. The molecular formula is C22H29NO6S. The molecular weight excluding hydrogens is 406 g/mol. The number of carbonyl (C=O) groups excluding carboxylic acids is 1. The maximum absolute atomic E-state index is 12.9. The Morgan fingerprint density at radius 2 is 1.43 bits per heavy atom. The van der Waals surface area contributed by atoms with Gasteiger partial charge >= 0.3 is 0 Å². The highest BCUT2D eigenvalue weighted by Gasteiger charge is 2.20. The van der Waals surface area contributed by atoms with Gasteiger partial charge in [-0.15, -0.1) is 0 Å². The van der Waals surface area contributed by atoms with Crippen LogP contribution in [0.3, 0.4) is 0 Å². The van der Waals surface area contributed by atoms with Crippen molar-refractivity contribution in [2.75, 3.05) is 26.1 Å². The molecule has 7 nitrogen and oxygen atoms in total. The van der Waals surface area contributed by atoms with Crippen LogP contribution in [0.5, 0.6) is 17.2 Å². The molecule has 2 aromatic rings. The molecule has 0 heterocycles. The zero-order chi connectivity index (χ0) is 22.3. The van der Waals surface area contributed by atoms with Crippen molar-refractivity contribution in [3.8, 4) is 17.2 Å². The van der Waals surface area contributed by atoms with Crippen LogP contribution in [0.2, 0.25) is 0 Å². The zero-order valence-corrected chi connectivity index (χ0v) is 18.8. The lowest BCUT2D eigenvalue weighted by Gasteiger charge is -2.18. The molecule has 1 unspecified atom stereocenters. The summed E-state index contributed by atoms with van der Waals surface area (Å²) in [7, 11) is -3.27. The Labute approximate surface area is 178 Å². The lowest BCUT2D eigenvalue weighted by Crippen LogP contribution is -2.26. The molecule has 1 amide bonds. The highest BCUT2D eigenvalue weighted by Crippen LogP contribution is 2.39. The molecule has 0 bridgehead atoms. The van der Waals surface area contributed by atoms with E-state index in [0.29, 0.717) is 42.6 Å². The van der Waals surface area contributed by atoms with E-state index in [1.807, 2.05) is 27.7 Å². The molecule has 2 rings (SSSR count). The average molecular weight is 436 g/mol. The van der Waals surface area contributed by atoms with Crippen LogP contribution in [0.15, 0.2) is 41.3 Å². The van der Waals surface area contributed by atoms with Gasteiger partial charge in [-0.25, -0.2) is 8.42 Å². The molecule has 0 aliphatic carbocycles. The van der Waals surface area contributed by atoms with Gasteiger partial charge in [0.25, 0.3) is 5.91 Å². The molecule has 1 N–H and O–H groups in total. The average Bonchev–Trinajstić information content (AvgIpc) is 2.70. The first-order valence-corrected chi connectivity index (χ1v) is 11.8. The molecule has 0 aliphatic heterocycles. The Hall–Kier alpha value is -2.74. The normalized spacial score (nSPS) is 12.2. The third-order valence-corrected chi connectivity index (χ3v) is 5.46. The topological polar surface area (TPSA) is 90.9 Å². The Bertz CT molecular complexity index is 943. The lowest BCUT2D eigenvalue weighted by molar-refractivity contribution is 0.0938. The first-order valence-electron chi connectivity index (χ1n) is 9.88. The summed E-state index contributed by atoms with van der Waals surface area (Å²) in [6.07, 6.45) is 1.16. The molecule has 164 valence electrons. The van der Waals surface area contributed by atoms with Gasteiger partial charge in [0.1, 0.15) is 0 Å². The van der Waals surface area contributed by atoms with Crippen LogP contribution in [0, 0.1) is 0 Å². The molecule has 0 fully saturated rings. The van der Waals surface area contributed by atoms with E-state index in [9.17, 15) is 13.2 Å². The van der Waals surface area contributed by atoms with Crippen LogP contribution in [0.4, 0.5) is 0 Å². The summed E-state index contributed by atoms with van der Waals surface area (Å²) in [5, 5.41) is 2.92. The number of hydrogen-bond acceptors (Lipinski definition) is 6. The van der Waals surface area contributed by atoms with E-state index in [0.717, 1.165) is 11.8 Å². The summed E-state index contributed by atoms with van der Waals surface area (Å²) >= 11 is 0. The van der Waals surface area contributed by atoms with Gasteiger partial charge in [0.05, 0.1) is 30.8 Å². The van der Waals surface area contributed by atoms with Crippen LogP contribution in [0.25, 0.3) is 0 Å². The van der Waals surface area contributed by atoms with Crippen molar-refractivity contribution in [1.82, 2.24) is 5.32 Å². The van der Waals surface area contributed by atoms with Gasteiger partial charge in [0, 0.05) is 11.8 Å². The number of nitrogens with one attached hydrogen (secondary N) is 1. The lowest BCUT2D eigenvalue weighted by atomic mass is 10.1. The van der Waals surface area contributed by atoms with Gasteiger partial charge < -0.3 is 19.5 Å². The summed E-state index contributed by atoms with van der Waals surface area (Å²) in [5.41, 5.74) is 1.17. The second kappa shape index (κ2) is 10.3. The van der Waals surface area contributed by atoms with E-state index in [1.54, 1.807) is 24.3 Å². The van der Waals surface area contributed by atoms with Crippen LogP contribution in [-0.2, 0) is 9.84 Å². The Morgan fingerprint density at radius 3 is 1.87 bits per heavy atom.